The monoisotopic (exact) mass is 328 g/mol. The molecule has 3 N–H and O–H groups in total. The highest BCUT2D eigenvalue weighted by Crippen LogP contribution is 2.65. The van der Waals surface area contributed by atoms with Crippen molar-refractivity contribution < 1.29 is 15.3 Å². The van der Waals surface area contributed by atoms with E-state index in [1.807, 2.05) is 6.07 Å². The van der Waals surface area contributed by atoms with Crippen LogP contribution in [0.1, 0.15) is 56.1 Å². The van der Waals surface area contributed by atoms with Gasteiger partial charge in [-0.25, -0.2) is 0 Å². The Balaban J connectivity index is 1.71. The molecule has 0 spiro atoms. The Morgan fingerprint density at radius 3 is 2.88 bits per heavy atom. The summed E-state index contributed by atoms with van der Waals surface area (Å²) in [4.78, 5) is 0. The first-order valence-corrected chi connectivity index (χ1v) is 9.24. The van der Waals surface area contributed by atoms with E-state index >= 15 is 0 Å². The van der Waals surface area contributed by atoms with E-state index in [2.05, 4.69) is 19.6 Å². The molecule has 3 nitrogen and oxygen atoms in total. The Hall–Kier alpha value is -1.32. The van der Waals surface area contributed by atoms with Crippen LogP contribution < -0.4 is 0 Å². The molecule has 0 radical (unpaired) electrons. The third-order valence-corrected chi connectivity index (χ3v) is 7.57. The number of hydrogen-bond donors (Lipinski definition) is 3. The molecule has 1 aromatic carbocycles. The maximum absolute atomic E-state index is 11.3. The van der Waals surface area contributed by atoms with E-state index in [9.17, 15) is 15.3 Å². The average molecular weight is 328 g/mol. The number of phenolic OH excluding ortho intramolecular Hbond substituents is 1. The van der Waals surface area contributed by atoms with Crippen molar-refractivity contribution in [2.45, 2.75) is 63.1 Å². The second kappa shape index (κ2) is 5.34. The van der Waals surface area contributed by atoms with E-state index in [-0.39, 0.29) is 5.41 Å². The maximum Gasteiger partial charge on any atom is 0.115 e. The Bertz CT molecular complexity index is 669. The quantitative estimate of drug-likeness (QED) is 0.728. The topological polar surface area (TPSA) is 60.7 Å². The lowest BCUT2D eigenvalue weighted by Gasteiger charge is -2.53. The van der Waals surface area contributed by atoms with Gasteiger partial charge in [0, 0.05) is 5.41 Å². The van der Waals surface area contributed by atoms with Gasteiger partial charge in [-0.2, -0.15) is 0 Å². The largest absolute Gasteiger partial charge is 0.508 e. The maximum atomic E-state index is 11.3. The van der Waals surface area contributed by atoms with Crippen LogP contribution in [0.4, 0.5) is 0 Å². The minimum atomic E-state index is -1.04. The Kier molecular flexibility index (Phi) is 3.59. The minimum absolute atomic E-state index is 0.240. The van der Waals surface area contributed by atoms with Crippen molar-refractivity contribution in [1.82, 2.24) is 0 Å². The molecule has 3 aliphatic rings. The second-order valence-electron chi connectivity index (χ2n) is 8.42. The van der Waals surface area contributed by atoms with E-state index in [4.69, 9.17) is 0 Å². The van der Waals surface area contributed by atoms with Crippen LogP contribution in [-0.2, 0) is 6.42 Å². The molecule has 2 fully saturated rings. The third-order valence-electron chi connectivity index (χ3n) is 7.57. The molecular weight excluding hydrogens is 300 g/mol. The zero-order chi connectivity index (χ0) is 17.1. The summed E-state index contributed by atoms with van der Waals surface area (Å²) in [6, 6.07) is 5.80. The smallest absolute Gasteiger partial charge is 0.115 e. The third kappa shape index (κ3) is 1.98. The summed E-state index contributed by atoms with van der Waals surface area (Å²) in [7, 11) is 0. The van der Waals surface area contributed by atoms with Gasteiger partial charge in [0.2, 0.25) is 0 Å². The molecule has 3 aliphatic carbocycles. The molecule has 0 saturated heterocycles. The molecule has 24 heavy (non-hydrogen) atoms. The van der Waals surface area contributed by atoms with Gasteiger partial charge < -0.3 is 15.3 Å². The van der Waals surface area contributed by atoms with E-state index in [1.54, 1.807) is 12.1 Å². The van der Waals surface area contributed by atoms with E-state index < -0.39 is 11.7 Å². The standard InChI is InChI=1S/C21H28O3/c1-3-9-21(24)19(23)12-18-17-6-4-13-11-14(22)5-7-15(13)16(17)8-10-20(18,21)2/h3,5,7,11,16-19,22-24H,1,4,6,8-10,12H2,2H3/t16-,17-,18+,19-,20+,21+/m1/s1. The van der Waals surface area contributed by atoms with Gasteiger partial charge in [0.05, 0.1) is 11.7 Å². The molecule has 0 unspecified atom stereocenters. The van der Waals surface area contributed by atoms with Crippen molar-refractivity contribution in [2.24, 2.45) is 17.3 Å². The first kappa shape index (κ1) is 16.2. The number of aliphatic hydroxyl groups is 2. The van der Waals surface area contributed by atoms with Crippen molar-refractivity contribution in [2.75, 3.05) is 0 Å². The number of aliphatic hydroxyl groups excluding tert-OH is 1. The number of aryl methyl sites for hydroxylation is 1. The van der Waals surface area contributed by atoms with Crippen LogP contribution in [-0.4, -0.2) is 27.0 Å². The highest BCUT2D eigenvalue weighted by Gasteiger charge is 2.64. The molecule has 0 bridgehead atoms. The fraction of sp³-hybridized carbons (Fsp3) is 0.619. The highest BCUT2D eigenvalue weighted by atomic mass is 16.3. The van der Waals surface area contributed by atoms with Crippen molar-refractivity contribution >= 4 is 0 Å². The van der Waals surface area contributed by atoms with Crippen LogP contribution in [0, 0.1) is 17.3 Å². The second-order valence-corrected chi connectivity index (χ2v) is 8.42. The van der Waals surface area contributed by atoms with Gasteiger partial charge in [0.1, 0.15) is 5.75 Å². The van der Waals surface area contributed by atoms with Crippen LogP contribution in [0.2, 0.25) is 0 Å². The van der Waals surface area contributed by atoms with Gasteiger partial charge in [-0.15, -0.1) is 6.58 Å². The number of fused-ring (bicyclic) bond motifs is 5. The Morgan fingerprint density at radius 2 is 2.12 bits per heavy atom. The lowest BCUT2D eigenvalue weighted by atomic mass is 9.53. The molecule has 130 valence electrons. The predicted octanol–water partition coefficient (Wildman–Crippen LogP) is 3.53. The summed E-state index contributed by atoms with van der Waals surface area (Å²) < 4.78 is 0. The fourth-order valence-corrected chi connectivity index (χ4v) is 6.27. The van der Waals surface area contributed by atoms with Crippen LogP contribution in [0.5, 0.6) is 5.75 Å². The van der Waals surface area contributed by atoms with Gasteiger partial charge in [-0.3, -0.25) is 0 Å². The van der Waals surface area contributed by atoms with Gasteiger partial charge >= 0.3 is 0 Å². The van der Waals surface area contributed by atoms with Crippen molar-refractivity contribution in [3.63, 3.8) is 0 Å². The van der Waals surface area contributed by atoms with E-state index in [0.29, 0.717) is 36.3 Å². The van der Waals surface area contributed by atoms with Gasteiger partial charge in [0.15, 0.2) is 0 Å². The molecule has 1 aromatic rings. The molecule has 0 aromatic heterocycles. The van der Waals surface area contributed by atoms with Gasteiger partial charge in [-0.05, 0) is 79.5 Å². The average Bonchev–Trinajstić information content (AvgIpc) is 2.75. The van der Waals surface area contributed by atoms with Crippen LogP contribution in [0.15, 0.2) is 30.9 Å². The number of benzene rings is 1. The van der Waals surface area contributed by atoms with Crippen molar-refractivity contribution in [1.29, 1.82) is 0 Å². The molecule has 2 saturated carbocycles. The number of rotatable bonds is 2. The van der Waals surface area contributed by atoms with E-state index in [1.165, 1.54) is 11.1 Å². The zero-order valence-electron chi connectivity index (χ0n) is 14.4. The van der Waals surface area contributed by atoms with Crippen molar-refractivity contribution in [3.8, 4) is 5.75 Å². The normalized spacial score (nSPS) is 43.6. The number of aromatic hydroxyl groups is 1. The molecular formula is C21H28O3. The molecule has 3 heteroatoms. The Labute approximate surface area is 144 Å². The first-order chi connectivity index (χ1) is 11.4. The summed E-state index contributed by atoms with van der Waals surface area (Å²) in [5.74, 6) is 1.70. The molecule has 0 amide bonds. The number of phenols is 1. The van der Waals surface area contributed by atoms with Crippen LogP contribution in [0.25, 0.3) is 0 Å². The fourth-order valence-electron chi connectivity index (χ4n) is 6.27. The number of hydrogen-bond acceptors (Lipinski definition) is 3. The van der Waals surface area contributed by atoms with Gasteiger partial charge in [0.25, 0.3) is 0 Å². The SMILES string of the molecule is C=CC[C@]1(O)[C@H](O)C[C@H]2[C@@H]3CCc4cc(O)ccc4[C@H]3CC[C@@]21C. The predicted molar refractivity (Wildman–Crippen MR) is 93.9 cm³/mol. The van der Waals surface area contributed by atoms with Crippen molar-refractivity contribution in [3.05, 3.63) is 42.0 Å². The van der Waals surface area contributed by atoms with Crippen LogP contribution in [0.3, 0.4) is 0 Å². The highest BCUT2D eigenvalue weighted by molar-refractivity contribution is 5.40. The Morgan fingerprint density at radius 1 is 1.33 bits per heavy atom. The minimum Gasteiger partial charge on any atom is -0.508 e. The van der Waals surface area contributed by atoms with E-state index in [0.717, 1.165) is 25.7 Å². The summed E-state index contributed by atoms with van der Waals surface area (Å²) >= 11 is 0. The molecule has 4 rings (SSSR count). The summed E-state index contributed by atoms with van der Waals surface area (Å²) in [6.45, 7) is 5.98. The molecule has 0 heterocycles. The van der Waals surface area contributed by atoms with Gasteiger partial charge in [-0.1, -0.05) is 19.1 Å². The summed E-state index contributed by atoms with van der Waals surface area (Å²) in [5.41, 5.74) is 1.37. The van der Waals surface area contributed by atoms with Crippen LogP contribution >= 0.6 is 0 Å². The zero-order valence-corrected chi connectivity index (χ0v) is 14.4. The summed E-state index contributed by atoms with van der Waals surface area (Å²) in [6.07, 6.45) is 6.28. The lowest BCUT2D eigenvalue weighted by Crippen LogP contribution is -2.53. The molecule has 6 atom stereocenters. The first-order valence-electron chi connectivity index (χ1n) is 9.24. The summed E-state index contributed by atoms with van der Waals surface area (Å²) in [5, 5.41) is 31.7. The molecule has 0 aliphatic heterocycles. The lowest BCUT2D eigenvalue weighted by molar-refractivity contribution is -0.139.